The summed E-state index contributed by atoms with van der Waals surface area (Å²) in [5.74, 6) is 1.12. The predicted molar refractivity (Wildman–Crippen MR) is 82.7 cm³/mol. The fourth-order valence-electron chi connectivity index (χ4n) is 5.96. The average molecular weight is 291 g/mol. The molecule has 3 unspecified atom stereocenters. The minimum absolute atomic E-state index is 0.0492. The van der Waals surface area contributed by atoms with Crippen LogP contribution in [0.5, 0.6) is 0 Å². The maximum absolute atomic E-state index is 11.8. The summed E-state index contributed by atoms with van der Waals surface area (Å²) < 4.78 is 24.9. The maximum atomic E-state index is 11.8. The smallest absolute Gasteiger partial charge is 0.155 e. The summed E-state index contributed by atoms with van der Waals surface area (Å²) in [5.41, 5.74) is 0.679. The van der Waals surface area contributed by atoms with E-state index in [0.717, 1.165) is 25.7 Å². The molecule has 0 aromatic rings. The van der Waals surface area contributed by atoms with Crippen molar-refractivity contribution in [1.82, 2.24) is 0 Å². The fraction of sp³-hybridized carbons (Fsp3) is 0.842. The minimum atomic E-state index is -2.00. The van der Waals surface area contributed by atoms with Gasteiger partial charge in [-0.15, -0.1) is 0 Å². The van der Waals surface area contributed by atoms with Crippen LogP contribution in [0.25, 0.3) is 0 Å². The van der Waals surface area contributed by atoms with Crippen LogP contribution in [0.1, 0.15) is 69.3 Å². The minimum Gasteiger partial charge on any atom is -0.393 e. The van der Waals surface area contributed by atoms with E-state index < -0.39 is 17.9 Å². The van der Waals surface area contributed by atoms with Gasteiger partial charge in [0.2, 0.25) is 0 Å². The van der Waals surface area contributed by atoms with E-state index in [-0.39, 0.29) is 17.1 Å². The molecular weight excluding hydrogens is 260 g/mol. The molecule has 4 aliphatic carbocycles. The van der Waals surface area contributed by atoms with Crippen molar-refractivity contribution in [2.24, 2.45) is 28.6 Å². The lowest BCUT2D eigenvalue weighted by atomic mass is 9.47. The molecule has 0 spiro atoms. The molecule has 6 atom stereocenters. The molecule has 0 amide bonds. The Balaban J connectivity index is 1.73. The number of ketones is 1. The second kappa shape index (κ2) is 4.44. The number of rotatable bonds is 0. The highest BCUT2D eigenvalue weighted by molar-refractivity contribution is 5.91. The first-order chi connectivity index (χ1) is 11.0. The van der Waals surface area contributed by atoms with Crippen molar-refractivity contribution in [3.8, 4) is 0 Å². The van der Waals surface area contributed by atoms with Crippen molar-refractivity contribution < 1.29 is 14.0 Å². The van der Waals surface area contributed by atoms with Crippen molar-refractivity contribution in [3.05, 3.63) is 11.6 Å². The first kappa shape index (κ1) is 11.0. The van der Waals surface area contributed by atoms with Crippen molar-refractivity contribution in [2.75, 3.05) is 0 Å². The summed E-state index contributed by atoms with van der Waals surface area (Å²) in [5, 5.41) is 10.7. The van der Waals surface area contributed by atoms with Crippen LogP contribution in [0.15, 0.2) is 11.6 Å². The summed E-state index contributed by atoms with van der Waals surface area (Å²) in [6, 6.07) is 0. The summed E-state index contributed by atoms with van der Waals surface area (Å²) in [7, 11) is 0. The highest BCUT2D eigenvalue weighted by Crippen LogP contribution is 2.65. The van der Waals surface area contributed by atoms with Gasteiger partial charge in [0.1, 0.15) is 0 Å². The molecule has 0 aromatic heterocycles. The number of allylic oxidation sites excluding steroid dienone is 1. The van der Waals surface area contributed by atoms with Gasteiger partial charge >= 0.3 is 0 Å². The molecule has 1 N–H and O–H groups in total. The summed E-state index contributed by atoms with van der Waals surface area (Å²) in [6.45, 7) is 4.23. The van der Waals surface area contributed by atoms with Gasteiger partial charge in [-0.3, -0.25) is 4.79 Å². The number of carbonyl (C=O) groups excluding carboxylic acids is 1. The van der Waals surface area contributed by atoms with Crippen molar-refractivity contribution >= 4 is 5.78 Å². The first-order valence-corrected chi connectivity index (χ1v) is 8.49. The van der Waals surface area contributed by atoms with Gasteiger partial charge in [-0.05, 0) is 79.6 Å². The van der Waals surface area contributed by atoms with Gasteiger partial charge in [-0.2, -0.15) is 0 Å². The van der Waals surface area contributed by atoms with Crippen molar-refractivity contribution in [1.29, 1.82) is 0 Å². The molecule has 4 aliphatic rings. The zero-order valence-electron chi connectivity index (χ0n) is 16.1. The monoisotopic (exact) mass is 291 g/mol. The Morgan fingerprint density at radius 3 is 2.86 bits per heavy atom. The SMILES string of the molecule is [2H]C1([2H])CC2C3CCC4=CC(=O)CC[C@]4(C)C3CC[C@]2(C)[C@@]1([2H])O. The van der Waals surface area contributed by atoms with Crippen molar-refractivity contribution in [3.63, 3.8) is 0 Å². The van der Waals surface area contributed by atoms with Gasteiger partial charge in [0.15, 0.2) is 5.78 Å². The van der Waals surface area contributed by atoms with Gasteiger partial charge in [0.25, 0.3) is 0 Å². The standard InChI is InChI=1S/C19H28O2/c1-18-9-7-13(20)11-12(18)3-4-14-15-5-6-17(21)19(15,2)10-8-16(14)18/h11,14-17,21H,3-10H2,1-2H3/t14?,15?,16?,17-,18-,19-/m0/s1/i6D2,17D. The fourth-order valence-corrected chi connectivity index (χ4v) is 5.96. The van der Waals surface area contributed by atoms with Crippen LogP contribution < -0.4 is 0 Å². The van der Waals surface area contributed by atoms with Crippen LogP contribution in [-0.2, 0) is 4.79 Å². The molecule has 116 valence electrons. The molecule has 0 radical (unpaired) electrons. The average Bonchev–Trinajstić information content (AvgIpc) is 2.64. The molecule has 0 saturated heterocycles. The third kappa shape index (κ3) is 1.78. The second-order valence-electron chi connectivity index (χ2n) is 8.15. The predicted octanol–water partition coefficient (Wildman–Crippen LogP) is 3.88. The Morgan fingerprint density at radius 2 is 2.05 bits per heavy atom. The lowest BCUT2D eigenvalue weighted by Crippen LogP contribution is -2.51. The molecule has 0 bridgehead atoms. The molecule has 21 heavy (non-hydrogen) atoms. The number of carbonyl (C=O) groups is 1. The number of fused-ring (bicyclic) bond motifs is 5. The van der Waals surface area contributed by atoms with E-state index in [1.165, 1.54) is 5.57 Å². The lowest BCUT2D eigenvalue weighted by molar-refractivity contribution is -0.118. The van der Waals surface area contributed by atoms with Gasteiger partial charge < -0.3 is 5.11 Å². The molecule has 0 aliphatic heterocycles. The van der Waals surface area contributed by atoms with Gasteiger partial charge in [-0.25, -0.2) is 0 Å². The highest BCUT2D eigenvalue weighted by Gasteiger charge is 2.58. The Labute approximate surface area is 132 Å². The van der Waals surface area contributed by atoms with Crippen LogP contribution in [0, 0.1) is 28.6 Å². The molecule has 3 saturated carbocycles. The molecular formula is C19H28O2. The third-order valence-electron chi connectivity index (χ3n) is 7.38. The second-order valence-corrected chi connectivity index (χ2v) is 8.15. The Kier molecular flexibility index (Phi) is 2.32. The Morgan fingerprint density at radius 1 is 1.24 bits per heavy atom. The van der Waals surface area contributed by atoms with E-state index in [1.807, 2.05) is 13.0 Å². The topological polar surface area (TPSA) is 37.3 Å². The van der Waals surface area contributed by atoms with E-state index in [9.17, 15) is 9.90 Å². The van der Waals surface area contributed by atoms with E-state index >= 15 is 0 Å². The summed E-state index contributed by atoms with van der Waals surface area (Å²) in [4.78, 5) is 11.8. The molecule has 3 fully saturated rings. The first-order valence-electron chi connectivity index (χ1n) is 9.99. The van der Waals surface area contributed by atoms with E-state index in [4.69, 9.17) is 4.11 Å². The normalized spacial score (nSPS) is 60.7. The lowest BCUT2D eigenvalue weighted by Gasteiger charge is -2.57. The highest BCUT2D eigenvalue weighted by atomic mass is 16.3. The van der Waals surface area contributed by atoms with Crippen LogP contribution in [0.3, 0.4) is 0 Å². The number of hydrogen-bond acceptors (Lipinski definition) is 2. The molecule has 2 heteroatoms. The summed E-state index contributed by atoms with van der Waals surface area (Å²) >= 11 is 0. The zero-order chi connectivity index (χ0) is 17.5. The number of aliphatic hydroxyl groups is 1. The van der Waals surface area contributed by atoms with E-state index in [0.29, 0.717) is 31.1 Å². The largest absolute Gasteiger partial charge is 0.393 e. The van der Waals surface area contributed by atoms with E-state index in [2.05, 4.69) is 6.92 Å². The van der Waals surface area contributed by atoms with Crippen LogP contribution in [0.2, 0.25) is 0 Å². The quantitative estimate of drug-likeness (QED) is 0.735. The van der Waals surface area contributed by atoms with Crippen molar-refractivity contribution in [2.45, 2.75) is 71.2 Å². The van der Waals surface area contributed by atoms with Gasteiger partial charge in [-0.1, -0.05) is 19.4 Å². The Hall–Kier alpha value is -0.630. The zero-order valence-corrected chi connectivity index (χ0v) is 13.1. The molecule has 2 nitrogen and oxygen atoms in total. The van der Waals surface area contributed by atoms with Gasteiger partial charge in [0, 0.05) is 9.16 Å². The van der Waals surface area contributed by atoms with Gasteiger partial charge in [0.05, 0.1) is 7.45 Å². The van der Waals surface area contributed by atoms with E-state index in [1.54, 1.807) is 0 Å². The number of hydrogen-bond donors (Lipinski definition) is 1. The van der Waals surface area contributed by atoms with Crippen LogP contribution in [-0.4, -0.2) is 17.0 Å². The summed E-state index contributed by atoms with van der Waals surface area (Å²) in [6.07, 6.45) is 3.35. The Bertz CT molecular complexity index is 626. The molecule has 0 heterocycles. The molecule has 0 aromatic carbocycles. The maximum Gasteiger partial charge on any atom is 0.155 e. The third-order valence-corrected chi connectivity index (χ3v) is 7.38. The van der Waals surface area contributed by atoms with Crippen LogP contribution in [0.4, 0.5) is 0 Å². The molecule has 4 rings (SSSR count). The van der Waals surface area contributed by atoms with Crippen LogP contribution >= 0.6 is 0 Å².